The number of alkyl halides is 3. The zero-order valence-corrected chi connectivity index (χ0v) is 17.1. The third-order valence-electron chi connectivity index (χ3n) is 4.62. The molecule has 1 aliphatic heterocycles. The van der Waals surface area contributed by atoms with E-state index in [-0.39, 0.29) is 0 Å². The summed E-state index contributed by atoms with van der Waals surface area (Å²) in [6.07, 6.45) is -4.38. The van der Waals surface area contributed by atoms with Gasteiger partial charge in [-0.2, -0.15) is 13.2 Å². The fourth-order valence-electron chi connectivity index (χ4n) is 3.16. The first-order chi connectivity index (χ1) is 13.3. The molecular weight excluding hydrogens is 409 g/mol. The molecule has 1 unspecified atom stereocenters. The average molecular weight is 431 g/mol. The Hall–Kier alpha value is -1.51. The molecule has 1 heterocycles. The van der Waals surface area contributed by atoms with Crippen LogP contribution >= 0.6 is 23.5 Å². The number of thioether (sulfide) groups is 2. The lowest BCUT2D eigenvalue weighted by molar-refractivity contribution is -0.137. The molecule has 1 aliphatic rings. The zero-order valence-electron chi connectivity index (χ0n) is 15.5. The summed E-state index contributed by atoms with van der Waals surface area (Å²) in [4.78, 5) is 0. The van der Waals surface area contributed by atoms with Gasteiger partial charge in [-0.15, -0.1) is 23.5 Å². The fraction of sp³-hybridized carbons (Fsp3) is 0.400. The summed E-state index contributed by atoms with van der Waals surface area (Å²) in [6, 6.07) is 10.2. The van der Waals surface area contributed by atoms with Crippen LogP contribution in [0.5, 0.6) is 11.5 Å². The summed E-state index contributed by atoms with van der Waals surface area (Å²) >= 11 is 3.21. The SMILES string of the molecule is COc1ccc(C2(C(O)c3ccc(C(F)(F)F)cc3)SCCCS2)cc1OC. The Morgan fingerprint density at radius 2 is 1.57 bits per heavy atom. The van der Waals surface area contributed by atoms with Gasteiger partial charge in [0, 0.05) is 0 Å². The third kappa shape index (κ3) is 4.09. The Morgan fingerprint density at radius 3 is 2.11 bits per heavy atom. The van der Waals surface area contributed by atoms with Gasteiger partial charge >= 0.3 is 6.18 Å². The summed E-state index contributed by atoms with van der Waals surface area (Å²) in [5.74, 6) is 2.82. The van der Waals surface area contributed by atoms with Crippen LogP contribution in [0.3, 0.4) is 0 Å². The Balaban J connectivity index is 2.02. The Bertz CT molecular complexity index is 803. The molecule has 152 valence electrons. The van der Waals surface area contributed by atoms with Crippen molar-refractivity contribution in [3.8, 4) is 11.5 Å². The van der Waals surface area contributed by atoms with Crippen LogP contribution in [0.1, 0.15) is 29.2 Å². The quantitative estimate of drug-likeness (QED) is 0.680. The fourth-order valence-corrected chi connectivity index (χ4v) is 6.53. The van der Waals surface area contributed by atoms with Crippen LogP contribution in [-0.4, -0.2) is 30.8 Å². The molecule has 28 heavy (non-hydrogen) atoms. The minimum Gasteiger partial charge on any atom is -0.493 e. The molecule has 8 heteroatoms. The van der Waals surface area contributed by atoms with Gasteiger partial charge < -0.3 is 14.6 Å². The predicted molar refractivity (Wildman–Crippen MR) is 107 cm³/mol. The summed E-state index contributed by atoms with van der Waals surface area (Å²) in [7, 11) is 3.09. The molecule has 0 aromatic heterocycles. The van der Waals surface area contributed by atoms with E-state index in [1.807, 2.05) is 12.1 Å². The monoisotopic (exact) mass is 430 g/mol. The number of methoxy groups -OCH3 is 2. The first-order valence-corrected chi connectivity index (χ1v) is 10.6. The smallest absolute Gasteiger partial charge is 0.416 e. The summed E-state index contributed by atoms with van der Waals surface area (Å²) in [5, 5.41) is 11.2. The standard InChI is InChI=1S/C20H21F3O3S2/c1-25-16-9-8-15(12-17(16)26-2)19(27-10-3-11-28-19)18(24)13-4-6-14(7-5-13)20(21,22)23/h4-9,12,18,24H,3,10-11H2,1-2H3. The second-order valence-electron chi connectivity index (χ2n) is 6.31. The van der Waals surface area contributed by atoms with Crippen LogP contribution in [0.4, 0.5) is 13.2 Å². The highest BCUT2D eigenvalue weighted by atomic mass is 32.2. The Kier molecular flexibility index (Phi) is 6.41. The molecule has 2 aromatic carbocycles. The lowest BCUT2D eigenvalue weighted by atomic mass is 9.98. The summed E-state index contributed by atoms with van der Waals surface area (Å²) in [6.45, 7) is 0. The number of ether oxygens (including phenoxy) is 2. The van der Waals surface area contributed by atoms with Gasteiger partial charge in [0.25, 0.3) is 0 Å². The van der Waals surface area contributed by atoms with Crippen LogP contribution in [-0.2, 0) is 10.3 Å². The van der Waals surface area contributed by atoms with E-state index in [2.05, 4.69) is 0 Å². The third-order valence-corrected chi connectivity index (χ3v) is 8.09. The van der Waals surface area contributed by atoms with Crippen LogP contribution in [0.15, 0.2) is 42.5 Å². The van der Waals surface area contributed by atoms with Crippen molar-refractivity contribution in [3.63, 3.8) is 0 Å². The van der Waals surface area contributed by atoms with E-state index in [1.165, 1.54) is 12.1 Å². The molecule has 0 spiro atoms. The van der Waals surface area contributed by atoms with Crippen molar-refractivity contribution in [2.75, 3.05) is 25.7 Å². The van der Waals surface area contributed by atoms with Gasteiger partial charge in [-0.25, -0.2) is 0 Å². The lowest BCUT2D eigenvalue weighted by Crippen LogP contribution is -2.30. The van der Waals surface area contributed by atoms with Crippen LogP contribution < -0.4 is 9.47 Å². The van der Waals surface area contributed by atoms with E-state index in [9.17, 15) is 18.3 Å². The summed E-state index contributed by atoms with van der Waals surface area (Å²) in [5.41, 5.74) is 0.560. The van der Waals surface area contributed by atoms with Crippen molar-refractivity contribution in [2.24, 2.45) is 0 Å². The van der Waals surface area contributed by atoms with E-state index in [1.54, 1.807) is 43.8 Å². The highest BCUT2D eigenvalue weighted by Crippen LogP contribution is 2.58. The van der Waals surface area contributed by atoms with Gasteiger partial charge in [0.2, 0.25) is 0 Å². The van der Waals surface area contributed by atoms with Crippen LogP contribution in [0.2, 0.25) is 0 Å². The number of aliphatic hydroxyl groups excluding tert-OH is 1. The van der Waals surface area contributed by atoms with Crippen LogP contribution in [0.25, 0.3) is 0 Å². The van der Waals surface area contributed by atoms with Gasteiger partial charge in [0.05, 0.1) is 19.8 Å². The Labute approximate surface area is 170 Å². The predicted octanol–water partition coefficient (Wildman–Crippen LogP) is 5.48. The number of hydrogen-bond acceptors (Lipinski definition) is 5. The number of benzene rings is 2. The second-order valence-corrected chi connectivity index (χ2v) is 9.25. The van der Waals surface area contributed by atoms with E-state index >= 15 is 0 Å². The number of halogens is 3. The van der Waals surface area contributed by atoms with Gasteiger partial charge in [-0.3, -0.25) is 0 Å². The van der Waals surface area contributed by atoms with Gasteiger partial charge in [0.1, 0.15) is 10.2 Å². The minimum atomic E-state index is -4.40. The molecule has 1 fully saturated rings. The number of aliphatic hydroxyl groups is 1. The number of hydrogen-bond donors (Lipinski definition) is 1. The van der Waals surface area contributed by atoms with Crippen LogP contribution in [0, 0.1) is 0 Å². The largest absolute Gasteiger partial charge is 0.493 e. The molecule has 2 aromatic rings. The normalized spacial score (nSPS) is 17.8. The van der Waals surface area contributed by atoms with E-state index in [0.717, 1.165) is 35.6 Å². The molecule has 1 N–H and O–H groups in total. The maximum Gasteiger partial charge on any atom is 0.416 e. The van der Waals surface area contributed by atoms with Crippen molar-refractivity contribution >= 4 is 23.5 Å². The van der Waals surface area contributed by atoms with E-state index in [4.69, 9.17) is 9.47 Å². The molecule has 0 radical (unpaired) electrons. The van der Waals surface area contributed by atoms with Crippen molar-refractivity contribution < 1.29 is 27.8 Å². The van der Waals surface area contributed by atoms with Crippen molar-refractivity contribution in [1.29, 1.82) is 0 Å². The average Bonchev–Trinajstić information content (AvgIpc) is 2.72. The highest BCUT2D eigenvalue weighted by Gasteiger charge is 2.44. The van der Waals surface area contributed by atoms with Gasteiger partial charge in [-0.1, -0.05) is 18.2 Å². The molecule has 0 saturated carbocycles. The molecule has 1 saturated heterocycles. The van der Waals surface area contributed by atoms with Gasteiger partial charge in [-0.05, 0) is 53.3 Å². The first-order valence-electron chi connectivity index (χ1n) is 8.67. The minimum absolute atomic E-state index is 0.449. The molecule has 3 rings (SSSR count). The molecule has 0 bridgehead atoms. The second kappa shape index (κ2) is 8.47. The molecule has 0 amide bonds. The van der Waals surface area contributed by atoms with E-state index in [0.29, 0.717) is 17.1 Å². The van der Waals surface area contributed by atoms with Crippen molar-refractivity contribution in [1.82, 2.24) is 0 Å². The molecule has 1 atom stereocenters. The zero-order chi connectivity index (χ0) is 20.4. The number of rotatable bonds is 5. The Morgan fingerprint density at radius 1 is 0.964 bits per heavy atom. The lowest BCUT2D eigenvalue weighted by Gasteiger charge is -2.40. The van der Waals surface area contributed by atoms with Crippen molar-refractivity contribution in [2.45, 2.75) is 22.8 Å². The highest BCUT2D eigenvalue weighted by molar-refractivity contribution is 8.18. The molecule has 3 nitrogen and oxygen atoms in total. The maximum absolute atomic E-state index is 12.9. The topological polar surface area (TPSA) is 38.7 Å². The first kappa shape index (κ1) is 21.2. The summed E-state index contributed by atoms with van der Waals surface area (Å²) < 4.78 is 48.6. The van der Waals surface area contributed by atoms with Gasteiger partial charge in [0.15, 0.2) is 11.5 Å². The van der Waals surface area contributed by atoms with Crippen molar-refractivity contribution in [3.05, 3.63) is 59.2 Å². The molecular formula is C20H21F3O3S2. The molecule has 0 aliphatic carbocycles. The maximum atomic E-state index is 12.9. The van der Waals surface area contributed by atoms with E-state index < -0.39 is 21.9 Å².